The van der Waals surface area contributed by atoms with Crippen LogP contribution in [-0.4, -0.2) is 23.1 Å². The Balaban J connectivity index is 0. The fourth-order valence-electron chi connectivity index (χ4n) is 0.428. The fourth-order valence-corrected chi connectivity index (χ4v) is 0.428. The number of ketones is 1. The summed E-state index contributed by atoms with van der Waals surface area (Å²) in [7, 11) is 1.00. The van der Waals surface area contributed by atoms with Crippen LogP contribution in [0.25, 0.3) is 0 Å². The molecule has 0 unspecified atom stereocenters. The minimum Gasteiger partial charge on any atom is -0.508 e. The number of phenolic OH excluding ortho intramolecular Hbond substituents is 1. The molecule has 0 fully saturated rings. The van der Waals surface area contributed by atoms with Gasteiger partial charge in [0.25, 0.3) is 0 Å². The molecule has 0 aromatic heterocycles. The van der Waals surface area contributed by atoms with Crippen LogP contribution < -0.4 is 0 Å². The fraction of sp³-hybridized carbons (Fsp3) is 0.300. The molecular weight excluding hydrogens is 168 g/mol. The van der Waals surface area contributed by atoms with Gasteiger partial charge in [0.1, 0.15) is 11.5 Å². The number of carbonyl (C=O) groups is 1. The van der Waals surface area contributed by atoms with Gasteiger partial charge in [-0.3, -0.25) is 0 Å². The van der Waals surface area contributed by atoms with Crippen LogP contribution in [-0.2, 0) is 4.79 Å². The average Bonchev–Trinajstić information content (AvgIpc) is 2.08. The number of carbonyl (C=O) groups excluding carboxylic acids is 1. The number of aliphatic hydroxyl groups is 1. The maximum absolute atomic E-state index is 9.44. The van der Waals surface area contributed by atoms with Gasteiger partial charge in [-0.1, -0.05) is 18.2 Å². The first kappa shape index (κ1) is 14.2. The van der Waals surface area contributed by atoms with Crippen LogP contribution in [0.3, 0.4) is 0 Å². The molecule has 3 nitrogen and oxygen atoms in total. The number of Topliss-reactive ketones (excluding diaryl/α,β-unsaturated/α-hetero) is 1. The summed E-state index contributed by atoms with van der Waals surface area (Å²) >= 11 is 0. The van der Waals surface area contributed by atoms with Crippen molar-refractivity contribution in [3.63, 3.8) is 0 Å². The molecule has 0 spiro atoms. The number of phenols is 1. The second kappa shape index (κ2) is 10.7. The molecule has 0 aliphatic rings. The van der Waals surface area contributed by atoms with Gasteiger partial charge < -0.3 is 15.0 Å². The van der Waals surface area contributed by atoms with E-state index >= 15 is 0 Å². The zero-order valence-electron chi connectivity index (χ0n) is 8.19. The number of hydrogen-bond donors (Lipinski definition) is 2. The highest BCUT2D eigenvalue weighted by Gasteiger charge is 1.74. The smallest absolute Gasteiger partial charge is 0.126 e. The van der Waals surface area contributed by atoms with Gasteiger partial charge >= 0.3 is 0 Å². The normalized spacial score (nSPS) is 7.08. The second-order valence-electron chi connectivity index (χ2n) is 2.24. The number of para-hydroxylation sites is 1. The average molecular weight is 184 g/mol. The lowest BCUT2D eigenvalue weighted by Gasteiger charge is -1.82. The molecule has 0 saturated heterocycles. The molecule has 0 heterocycles. The highest BCUT2D eigenvalue weighted by Crippen LogP contribution is 2.02. The molecule has 0 radical (unpaired) electrons. The summed E-state index contributed by atoms with van der Waals surface area (Å²) < 4.78 is 0. The number of aromatic hydroxyl groups is 1. The van der Waals surface area contributed by atoms with E-state index in [4.69, 9.17) is 10.2 Å². The summed E-state index contributed by atoms with van der Waals surface area (Å²) in [6, 6.07) is 8.71. The maximum Gasteiger partial charge on any atom is 0.126 e. The molecule has 0 amide bonds. The van der Waals surface area contributed by atoms with Crippen molar-refractivity contribution in [1.29, 1.82) is 0 Å². The van der Waals surface area contributed by atoms with Crippen molar-refractivity contribution in [2.24, 2.45) is 0 Å². The van der Waals surface area contributed by atoms with Gasteiger partial charge in [-0.2, -0.15) is 0 Å². The van der Waals surface area contributed by atoms with E-state index in [0.717, 1.165) is 7.11 Å². The Morgan fingerprint density at radius 2 is 1.38 bits per heavy atom. The standard InChI is InChI=1S/C6H6O.C3H6O.CH4O/c7-6-4-2-1-3-5-6;1-3(2)4;1-2/h1-5,7H;1-2H3;2H,1H3. The molecule has 3 heteroatoms. The zero-order valence-corrected chi connectivity index (χ0v) is 8.19. The van der Waals surface area contributed by atoms with Crippen molar-refractivity contribution >= 4 is 5.78 Å². The summed E-state index contributed by atoms with van der Waals surface area (Å²) in [5.74, 6) is 0.488. The lowest BCUT2D eigenvalue weighted by Crippen LogP contribution is -1.69. The third-order valence-electron chi connectivity index (χ3n) is 0.756. The van der Waals surface area contributed by atoms with E-state index in [-0.39, 0.29) is 5.78 Å². The molecule has 0 bridgehead atoms. The largest absolute Gasteiger partial charge is 0.508 e. The van der Waals surface area contributed by atoms with E-state index in [2.05, 4.69) is 0 Å². The van der Waals surface area contributed by atoms with E-state index < -0.39 is 0 Å². The van der Waals surface area contributed by atoms with Gasteiger partial charge in [0.05, 0.1) is 0 Å². The molecule has 0 aliphatic heterocycles. The molecule has 74 valence electrons. The van der Waals surface area contributed by atoms with Gasteiger partial charge in [-0.05, 0) is 26.0 Å². The van der Waals surface area contributed by atoms with Crippen LogP contribution in [0.4, 0.5) is 0 Å². The lowest BCUT2D eigenvalue weighted by atomic mass is 10.3. The van der Waals surface area contributed by atoms with Crippen LogP contribution in [0, 0.1) is 0 Å². The summed E-state index contributed by atoms with van der Waals surface area (Å²) in [5, 5.41) is 15.6. The van der Waals surface area contributed by atoms with E-state index in [0.29, 0.717) is 5.75 Å². The van der Waals surface area contributed by atoms with Gasteiger partial charge in [0.2, 0.25) is 0 Å². The maximum atomic E-state index is 9.44. The van der Waals surface area contributed by atoms with E-state index in [1.165, 1.54) is 13.8 Å². The van der Waals surface area contributed by atoms with Crippen molar-refractivity contribution in [2.45, 2.75) is 13.8 Å². The van der Waals surface area contributed by atoms with Crippen molar-refractivity contribution in [2.75, 3.05) is 7.11 Å². The van der Waals surface area contributed by atoms with Crippen molar-refractivity contribution in [3.05, 3.63) is 30.3 Å². The van der Waals surface area contributed by atoms with Crippen LogP contribution in [0.1, 0.15) is 13.8 Å². The van der Waals surface area contributed by atoms with Crippen molar-refractivity contribution in [1.82, 2.24) is 0 Å². The zero-order chi connectivity index (χ0) is 10.7. The first-order chi connectivity index (χ1) is 6.13. The predicted octanol–water partition coefficient (Wildman–Crippen LogP) is 1.60. The Morgan fingerprint density at radius 1 is 1.08 bits per heavy atom. The number of rotatable bonds is 0. The van der Waals surface area contributed by atoms with Crippen molar-refractivity contribution < 1.29 is 15.0 Å². The van der Waals surface area contributed by atoms with Crippen LogP contribution >= 0.6 is 0 Å². The molecular formula is C10H16O3. The van der Waals surface area contributed by atoms with Gasteiger partial charge in [0, 0.05) is 7.11 Å². The molecule has 1 rings (SSSR count). The molecule has 1 aromatic carbocycles. The first-order valence-electron chi connectivity index (χ1n) is 3.79. The van der Waals surface area contributed by atoms with Crippen LogP contribution in [0.5, 0.6) is 5.75 Å². The minimum atomic E-state index is 0.167. The highest BCUT2D eigenvalue weighted by molar-refractivity contribution is 5.72. The quantitative estimate of drug-likeness (QED) is 0.643. The SMILES string of the molecule is CC(C)=O.CO.Oc1ccccc1. The summed E-state index contributed by atoms with van der Waals surface area (Å²) in [6.07, 6.45) is 0. The topological polar surface area (TPSA) is 57.5 Å². The Hall–Kier alpha value is -1.35. The monoisotopic (exact) mass is 184 g/mol. The highest BCUT2D eigenvalue weighted by atomic mass is 16.3. The molecule has 0 aliphatic carbocycles. The number of aliphatic hydroxyl groups excluding tert-OH is 1. The third-order valence-corrected chi connectivity index (χ3v) is 0.756. The van der Waals surface area contributed by atoms with Crippen LogP contribution in [0.2, 0.25) is 0 Å². The Morgan fingerprint density at radius 3 is 1.54 bits per heavy atom. The van der Waals surface area contributed by atoms with E-state index in [1.807, 2.05) is 6.07 Å². The Kier molecular flexibility index (Phi) is 11.6. The second-order valence-corrected chi connectivity index (χ2v) is 2.24. The molecule has 1 aromatic rings. The van der Waals surface area contributed by atoms with Gasteiger partial charge in [-0.25, -0.2) is 0 Å². The summed E-state index contributed by atoms with van der Waals surface area (Å²) in [6.45, 7) is 3.06. The molecule has 2 N–H and O–H groups in total. The van der Waals surface area contributed by atoms with Crippen LogP contribution in [0.15, 0.2) is 30.3 Å². The number of hydrogen-bond acceptors (Lipinski definition) is 3. The van der Waals surface area contributed by atoms with Gasteiger partial charge in [0.15, 0.2) is 0 Å². The molecule has 0 saturated carbocycles. The summed E-state index contributed by atoms with van der Waals surface area (Å²) in [5.41, 5.74) is 0. The molecule has 0 atom stereocenters. The lowest BCUT2D eigenvalue weighted by molar-refractivity contribution is -0.114. The van der Waals surface area contributed by atoms with Crippen molar-refractivity contribution in [3.8, 4) is 5.75 Å². The van der Waals surface area contributed by atoms with E-state index in [1.54, 1.807) is 24.3 Å². The third kappa shape index (κ3) is 18.0. The number of benzene rings is 1. The summed E-state index contributed by atoms with van der Waals surface area (Å²) in [4.78, 5) is 9.44. The van der Waals surface area contributed by atoms with Gasteiger partial charge in [-0.15, -0.1) is 0 Å². The molecule has 13 heavy (non-hydrogen) atoms. The first-order valence-corrected chi connectivity index (χ1v) is 3.79. The van der Waals surface area contributed by atoms with E-state index in [9.17, 15) is 4.79 Å². The minimum absolute atomic E-state index is 0.167. The Bertz CT molecular complexity index is 203. The Labute approximate surface area is 78.7 Å². The predicted molar refractivity (Wildman–Crippen MR) is 52.6 cm³/mol.